The van der Waals surface area contributed by atoms with Crippen LogP contribution in [0.1, 0.15) is 29.8 Å². The summed E-state index contributed by atoms with van der Waals surface area (Å²) in [5.41, 5.74) is 0.962. The Balaban J connectivity index is 2.29. The van der Waals surface area contributed by atoms with Crippen molar-refractivity contribution in [2.24, 2.45) is 5.92 Å². The number of ether oxygens (including phenoxy) is 1. The average molecular weight is 396 g/mol. The number of carboxylic acid groups (broad SMARTS) is 1. The Bertz CT molecular complexity index is 889. The molecule has 2 rings (SSSR count). The Labute approximate surface area is 169 Å². The van der Waals surface area contributed by atoms with E-state index in [-0.39, 0.29) is 11.6 Å². The van der Waals surface area contributed by atoms with Crippen LogP contribution in [0, 0.1) is 5.92 Å². The van der Waals surface area contributed by atoms with Gasteiger partial charge in [0, 0.05) is 5.56 Å². The van der Waals surface area contributed by atoms with Gasteiger partial charge in [-0.05, 0) is 41.8 Å². The second kappa shape index (κ2) is 10.1. The Morgan fingerprint density at radius 2 is 1.62 bits per heavy atom. The van der Waals surface area contributed by atoms with E-state index in [1.165, 1.54) is 13.2 Å². The topological polar surface area (TPSA) is 105 Å². The van der Waals surface area contributed by atoms with E-state index in [0.717, 1.165) is 0 Å². The number of nitrogens with one attached hydrogen (secondary N) is 2. The molecule has 1 atom stereocenters. The molecule has 0 bridgehead atoms. The maximum Gasteiger partial charge on any atom is 0.326 e. The number of amides is 2. The Hall–Kier alpha value is -3.61. The van der Waals surface area contributed by atoms with Crippen molar-refractivity contribution in [2.45, 2.75) is 19.9 Å². The van der Waals surface area contributed by atoms with Crippen LogP contribution in [0.5, 0.6) is 5.75 Å². The molecule has 2 amide bonds. The first-order valence-electron chi connectivity index (χ1n) is 9.07. The number of methoxy groups -OCH3 is 1. The first kappa shape index (κ1) is 21.7. The minimum absolute atomic E-state index is 0.0519. The van der Waals surface area contributed by atoms with Crippen LogP contribution in [0.3, 0.4) is 0 Å². The molecule has 0 saturated carbocycles. The highest BCUT2D eigenvalue weighted by Crippen LogP contribution is 2.13. The molecule has 0 unspecified atom stereocenters. The molecular weight excluding hydrogens is 372 g/mol. The number of carboxylic acids is 1. The predicted octanol–water partition coefficient (Wildman–Crippen LogP) is 2.69. The molecule has 152 valence electrons. The molecule has 0 spiro atoms. The third kappa shape index (κ3) is 6.21. The number of hydrogen-bond donors (Lipinski definition) is 3. The van der Waals surface area contributed by atoms with Crippen LogP contribution in [-0.2, 0) is 9.59 Å². The van der Waals surface area contributed by atoms with Crippen LogP contribution >= 0.6 is 0 Å². The van der Waals surface area contributed by atoms with Crippen molar-refractivity contribution in [3.05, 3.63) is 71.4 Å². The molecule has 0 aliphatic carbocycles. The Morgan fingerprint density at radius 1 is 1.00 bits per heavy atom. The van der Waals surface area contributed by atoms with E-state index in [1.807, 2.05) is 6.07 Å². The van der Waals surface area contributed by atoms with Gasteiger partial charge in [-0.15, -0.1) is 0 Å². The Kier molecular flexibility index (Phi) is 7.54. The number of hydrogen-bond acceptors (Lipinski definition) is 4. The third-order valence-corrected chi connectivity index (χ3v) is 4.17. The summed E-state index contributed by atoms with van der Waals surface area (Å²) in [5, 5.41) is 14.4. The lowest BCUT2D eigenvalue weighted by Crippen LogP contribution is -2.47. The van der Waals surface area contributed by atoms with E-state index in [0.29, 0.717) is 16.9 Å². The monoisotopic (exact) mass is 396 g/mol. The molecule has 0 aliphatic heterocycles. The predicted molar refractivity (Wildman–Crippen MR) is 109 cm³/mol. The maximum atomic E-state index is 12.8. The number of carbonyl (C=O) groups excluding carboxylic acids is 2. The summed E-state index contributed by atoms with van der Waals surface area (Å²) in [4.78, 5) is 36.8. The van der Waals surface area contributed by atoms with Crippen LogP contribution in [-0.4, -0.2) is 36.0 Å². The van der Waals surface area contributed by atoms with Gasteiger partial charge in [-0.3, -0.25) is 9.59 Å². The SMILES string of the molecule is COc1ccc(C(=O)N/C(=C/c2ccccc2)C(=O)N[C@H](C(=O)O)C(C)C)cc1. The maximum absolute atomic E-state index is 12.8. The van der Waals surface area contributed by atoms with Crippen LogP contribution in [0.4, 0.5) is 0 Å². The summed E-state index contributed by atoms with van der Waals surface area (Å²) in [6, 6.07) is 14.3. The van der Waals surface area contributed by atoms with Gasteiger partial charge in [-0.2, -0.15) is 0 Å². The standard InChI is InChI=1S/C22H24N2O5/c1-14(2)19(22(27)28)24-21(26)18(13-15-7-5-4-6-8-15)23-20(25)16-9-11-17(29-3)12-10-16/h4-14,19H,1-3H3,(H,23,25)(H,24,26)(H,27,28)/b18-13+/t19-/m0/s1. The molecule has 0 heterocycles. The quantitative estimate of drug-likeness (QED) is 0.595. The molecule has 0 radical (unpaired) electrons. The summed E-state index contributed by atoms with van der Waals surface area (Å²) in [5.74, 6) is -2.06. The normalized spacial score (nSPS) is 12.2. The van der Waals surface area contributed by atoms with E-state index in [1.54, 1.807) is 62.4 Å². The van der Waals surface area contributed by atoms with E-state index in [2.05, 4.69) is 10.6 Å². The molecular formula is C22H24N2O5. The lowest BCUT2D eigenvalue weighted by Gasteiger charge is -2.19. The fourth-order valence-corrected chi connectivity index (χ4v) is 2.54. The molecule has 2 aromatic rings. The lowest BCUT2D eigenvalue weighted by molar-refractivity contribution is -0.142. The van der Waals surface area contributed by atoms with Crippen LogP contribution in [0.15, 0.2) is 60.3 Å². The van der Waals surface area contributed by atoms with Crippen molar-refractivity contribution in [2.75, 3.05) is 7.11 Å². The van der Waals surface area contributed by atoms with Gasteiger partial charge < -0.3 is 20.5 Å². The highest BCUT2D eigenvalue weighted by molar-refractivity contribution is 6.06. The molecule has 0 aromatic heterocycles. The van der Waals surface area contributed by atoms with E-state index >= 15 is 0 Å². The minimum Gasteiger partial charge on any atom is -0.497 e. The van der Waals surface area contributed by atoms with Gasteiger partial charge in [-0.1, -0.05) is 44.2 Å². The van der Waals surface area contributed by atoms with Gasteiger partial charge >= 0.3 is 5.97 Å². The van der Waals surface area contributed by atoms with E-state index < -0.39 is 23.8 Å². The number of carbonyl (C=O) groups is 3. The molecule has 0 aliphatic rings. The second-order valence-corrected chi connectivity index (χ2v) is 6.68. The van der Waals surface area contributed by atoms with Crippen molar-refractivity contribution in [1.82, 2.24) is 10.6 Å². The van der Waals surface area contributed by atoms with E-state index in [4.69, 9.17) is 4.74 Å². The third-order valence-electron chi connectivity index (χ3n) is 4.17. The van der Waals surface area contributed by atoms with Crippen molar-refractivity contribution in [3.63, 3.8) is 0 Å². The fraction of sp³-hybridized carbons (Fsp3) is 0.227. The lowest BCUT2D eigenvalue weighted by atomic mass is 10.0. The highest BCUT2D eigenvalue weighted by Gasteiger charge is 2.25. The average Bonchev–Trinajstić information content (AvgIpc) is 2.71. The van der Waals surface area contributed by atoms with Gasteiger partial charge in [0.15, 0.2) is 0 Å². The number of aliphatic carboxylic acids is 1. The van der Waals surface area contributed by atoms with Crippen LogP contribution in [0.2, 0.25) is 0 Å². The molecule has 3 N–H and O–H groups in total. The molecule has 29 heavy (non-hydrogen) atoms. The smallest absolute Gasteiger partial charge is 0.326 e. The van der Waals surface area contributed by atoms with Crippen LogP contribution < -0.4 is 15.4 Å². The summed E-state index contributed by atoms with van der Waals surface area (Å²) < 4.78 is 5.07. The fourth-order valence-electron chi connectivity index (χ4n) is 2.54. The van der Waals surface area contributed by atoms with Gasteiger partial charge in [0.25, 0.3) is 11.8 Å². The first-order valence-corrected chi connectivity index (χ1v) is 9.07. The number of rotatable bonds is 8. The van der Waals surface area contributed by atoms with Crippen molar-refractivity contribution >= 4 is 23.9 Å². The van der Waals surface area contributed by atoms with Gasteiger partial charge in [0.1, 0.15) is 17.5 Å². The Morgan fingerprint density at radius 3 is 2.14 bits per heavy atom. The number of benzene rings is 2. The molecule has 7 nitrogen and oxygen atoms in total. The minimum atomic E-state index is -1.14. The molecule has 7 heteroatoms. The summed E-state index contributed by atoms with van der Waals surface area (Å²) in [7, 11) is 1.52. The summed E-state index contributed by atoms with van der Waals surface area (Å²) in [6.07, 6.45) is 1.50. The van der Waals surface area contributed by atoms with Gasteiger partial charge in [0.05, 0.1) is 7.11 Å². The van der Waals surface area contributed by atoms with Crippen molar-refractivity contribution in [3.8, 4) is 5.75 Å². The first-order chi connectivity index (χ1) is 13.8. The largest absolute Gasteiger partial charge is 0.497 e. The highest BCUT2D eigenvalue weighted by atomic mass is 16.5. The van der Waals surface area contributed by atoms with Gasteiger partial charge in [0.2, 0.25) is 0 Å². The molecule has 2 aromatic carbocycles. The van der Waals surface area contributed by atoms with Crippen molar-refractivity contribution < 1.29 is 24.2 Å². The van der Waals surface area contributed by atoms with Crippen LogP contribution in [0.25, 0.3) is 6.08 Å². The summed E-state index contributed by atoms with van der Waals surface area (Å²) >= 11 is 0. The zero-order chi connectivity index (χ0) is 21.4. The van der Waals surface area contributed by atoms with E-state index in [9.17, 15) is 19.5 Å². The molecule has 0 fully saturated rings. The summed E-state index contributed by atoms with van der Waals surface area (Å²) in [6.45, 7) is 3.38. The van der Waals surface area contributed by atoms with Crippen molar-refractivity contribution in [1.29, 1.82) is 0 Å². The molecule has 0 saturated heterocycles. The van der Waals surface area contributed by atoms with Gasteiger partial charge in [-0.25, -0.2) is 4.79 Å². The zero-order valence-electron chi connectivity index (χ0n) is 16.5. The zero-order valence-corrected chi connectivity index (χ0v) is 16.5. The second-order valence-electron chi connectivity index (χ2n) is 6.68.